The van der Waals surface area contributed by atoms with E-state index in [-0.39, 0.29) is 17.9 Å². The quantitative estimate of drug-likeness (QED) is 0.578. The van der Waals surface area contributed by atoms with Crippen LogP contribution in [0.5, 0.6) is 5.75 Å². The lowest BCUT2D eigenvalue weighted by atomic mass is 9.87. The number of rotatable bonds is 7. The molecule has 1 N–H and O–H groups in total. The van der Waals surface area contributed by atoms with Crippen LogP contribution in [0.1, 0.15) is 54.3 Å². The summed E-state index contributed by atoms with van der Waals surface area (Å²) >= 11 is 0. The molecule has 172 valence electrons. The summed E-state index contributed by atoms with van der Waals surface area (Å²) in [5.41, 5.74) is 4.50. The first-order chi connectivity index (χ1) is 16.0. The highest BCUT2D eigenvalue weighted by Crippen LogP contribution is 2.37. The zero-order valence-corrected chi connectivity index (χ0v) is 19.3. The van der Waals surface area contributed by atoms with Crippen LogP contribution in [-0.4, -0.2) is 29.4 Å². The zero-order valence-electron chi connectivity index (χ0n) is 19.3. The SMILES string of the molecule is CCC(=O)N1CCc2ccc(O[C@H](C)C(=O)NCc3ccco3)cc2[C@H]1c1ccc(C)cc1. The summed E-state index contributed by atoms with van der Waals surface area (Å²) in [4.78, 5) is 27.2. The van der Waals surface area contributed by atoms with Gasteiger partial charge >= 0.3 is 0 Å². The summed E-state index contributed by atoms with van der Waals surface area (Å²) in [5, 5.41) is 2.83. The molecule has 0 radical (unpaired) electrons. The van der Waals surface area contributed by atoms with E-state index in [2.05, 4.69) is 36.5 Å². The summed E-state index contributed by atoms with van der Waals surface area (Å²) in [6, 6.07) is 17.7. The summed E-state index contributed by atoms with van der Waals surface area (Å²) in [5.74, 6) is 1.20. The molecule has 6 nitrogen and oxygen atoms in total. The summed E-state index contributed by atoms with van der Waals surface area (Å²) < 4.78 is 11.2. The molecule has 2 atom stereocenters. The molecule has 3 aromatic rings. The van der Waals surface area contributed by atoms with E-state index in [1.807, 2.05) is 36.1 Å². The maximum absolute atomic E-state index is 12.8. The average molecular weight is 447 g/mol. The van der Waals surface area contributed by atoms with Crippen LogP contribution in [0.3, 0.4) is 0 Å². The molecule has 2 amide bonds. The second kappa shape index (κ2) is 9.94. The Morgan fingerprint density at radius 2 is 1.97 bits per heavy atom. The van der Waals surface area contributed by atoms with Gasteiger partial charge in [0.25, 0.3) is 5.91 Å². The van der Waals surface area contributed by atoms with Crippen LogP contribution < -0.4 is 10.1 Å². The number of carbonyl (C=O) groups excluding carboxylic acids is 2. The summed E-state index contributed by atoms with van der Waals surface area (Å²) in [6.45, 7) is 6.67. The van der Waals surface area contributed by atoms with Gasteiger partial charge in [-0.15, -0.1) is 0 Å². The molecule has 0 fully saturated rings. The largest absolute Gasteiger partial charge is 0.481 e. The Balaban J connectivity index is 1.57. The van der Waals surface area contributed by atoms with Crippen molar-refractivity contribution in [3.63, 3.8) is 0 Å². The van der Waals surface area contributed by atoms with Crippen molar-refractivity contribution < 1.29 is 18.7 Å². The van der Waals surface area contributed by atoms with Crippen molar-refractivity contribution in [3.8, 4) is 5.75 Å². The minimum Gasteiger partial charge on any atom is -0.481 e. The van der Waals surface area contributed by atoms with Crippen LogP contribution in [0.2, 0.25) is 0 Å². The van der Waals surface area contributed by atoms with Gasteiger partial charge in [0, 0.05) is 13.0 Å². The van der Waals surface area contributed by atoms with Crippen LogP contribution in [0.4, 0.5) is 0 Å². The first-order valence-corrected chi connectivity index (χ1v) is 11.4. The lowest BCUT2D eigenvalue weighted by Crippen LogP contribution is -2.40. The first-order valence-electron chi connectivity index (χ1n) is 11.4. The van der Waals surface area contributed by atoms with Crippen LogP contribution in [0.15, 0.2) is 65.3 Å². The van der Waals surface area contributed by atoms with Gasteiger partial charge in [-0.3, -0.25) is 9.59 Å². The molecule has 33 heavy (non-hydrogen) atoms. The number of benzene rings is 2. The van der Waals surface area contributed by atoms with E-state index >= 15 is 0 Å². The van der Waals surface area contributed by atoms with Crippen molar-refractivity contribution in [3.05, 3.63) is 88.9 Å². The minimum atomic E-state index is -0.673. The fourth-order valence-corrected chi connectivity index (χ4v) is 4.24. The van der Waals surface area contributed by atoms with Crippen molar-refractivity contribution in [2.75, 3.05) is 6.54 Å². The third-order valence-electron chi connectivity index (χ3n) is 6.06. The molecule has 0 spiro atoms. The number of ether oxygens (including phenoxy) is 1. The predicted octanol–water partition coefficient (Wildman–Crippen LogP) is 4.56. The Morgan fingerprint density at radius 1 is 1.18 bits per heavy atom. The van der Waals surface area contributed by atoms with E-state index in [9.17, 15) is 9.59 Å². The number of aryl methyl sites for hydroxylation is 1. The maximum Gasteiger partial charge on any atom is 0.261 e. The van der Waals surface area contributed by atoms with E-state index < -0.39 is 6.10 Å². The van der Waals surface area contributed by atoms with Crippen LogP contribution in [0, 0.1) is 6.92 Å². The third-order valence-corrected chi connectivity index (χ3v) is 6.06. The molecular formula is C27H30N2O4. The monoisotopic (exact) mass is 446 g/mol. The van der Waals surface area contributed by atoms with Gasteiger partial charge in [-0.1, -0.05) is 42.8 Å². The fraction of sp³-hybridized carbons (Fsp3) is 0.333. The van der Waals surface area contributed by atoms with Gasteiger partial charge in [0.15, 0.2) is 6.10 Å². The van der Waals surface area contributed by atoms with E-state index in [0.29, 0.717) is 31.0 Å². The fourth-order valence-electron chi connectivity index (χ4n) is 4.24. The van der Waals surface area contributed by atoms with Gasteiger partial charge in [-0.25, -0.2) is 0 Å². The zero-order chi connectivity index (χ0) is 23.4. The van der Waals surface area contributed by atoms with Crippen molar-refractivity contribution >= 4 is 11.8 Å². The molecule has 0 saturated carbocycles. The van der Waals surface area contributed by atoms with Crippen LogP contribution in [0.25, 0.3) is 0 Å². The lowest BCUT2D eigenvalue weighted by Gasteiger charge is -2.38. The molecule has 0 aliphatic carbocycles. The molecule has 1 aromatic heterocycles. The smallest absolute Gasteiger partial charge is 0.261 e. The van der Waals surface area contributed by atoms with Crippen LogP contribution in [-0.2, 0) is 22.6 Å². The number of hydrogen-bond donors (Lipinski definition) is 1. The molecule has 1 aliphatic heterocycles. The van der Waals surface area contributed by atoms with E-state index in [1.54, 1.807) is 19.3 Å². The number of fused-ring (bicyclic) bond motifs is 1. The summed E-state index contributed by atoms with van der Waals surface area (Å²) in [7, 11) is 0. The first kappa shape index (κ1) is 22.6. The van der Waals surface area contributed by atoms with Gasteiger partial charge in [-0.05, 0) is 61.2 Å². The average Bonchev–Trinajstić information content (AvgIpc) is 3.35. The molecule has 0 saturated heterocycles. The van der Waals surface area contributed by atoms with Crippen molar-refractivity contribution in [2.24, 2.45) is 0 Å². The van der Waals surface area contributed by atoms with Crippen molar-refractivity contribution in [2.45, 2.75) is 52.3 Å². The molecule has 1 aliphatic rings. The highest BCUT2D eigenvalue weighted by molar-refractivity contribution is 5.80. The van der Waals surface area contributed by atoms with Crippen molar-refractivity contribution in [1.82, 2.24) is 10.2 Å². The molecule has 2 heterocycles. The number of carbonyl (C=O) groups is 2. The topological polar surface area (TPSA) is 71.8 Å². The maximum atomic E-state index is 12.8. The van der Waals surface area contributed by atoms with E-state index in [0.717, 1.165) is 17.5 Å². The highest BCUT2D eigenvalue weighted by Gasteiger charge is 2.32. The van der Waals surface area contributed by atoms with Crippen molar-refractivity contribution in [1.29, 1.82) is 0 Å². The second-order valence-corrected chi connectivity index (χ2v) is 8.42. The van der Waals surface area contributed by atoms with Gasteiger partial charge in [0.1, 0.15) is 11.5 Å². The summed E-state index contributed by atoms with van der Waals surface area (Å²) in [6.07, 6.45) is 2.16. The van der Waals surface area contributed by atoms with Gasteiger partial charge in [-0.2, -0.15) is 0 Å². The number of hydrogen-bond acceptors (Lipinski definition) is 4. The van der Waals surface area contributed by atoms with Crippen LogP contribution >= 0.6 is 0 Å². The predicted molar refractivity (Wildman–Crippen MR) is 126 cm³/mol. The van der Waals surface area contributed by atoms with E-state index in [1.165, 1.54) is 11.1 Å². The van der Waals surface area contributed by atoms with E-state index in [4.69, 9.17) is 9.15 Å². The highest BCUT2D eigenvalue weighted by atomic mass is 16.5. The number of furan rings is 1. The Morgan fingerprint density at radius 3 is 2.67 bits per heavy atom. The Kier molecular flexibility index (Phi) is 6.82. The lowest BCUT2D eigenvalue weighted by molar-refractivity contribution is -0.133. The Labute approximate surface area is 194 Å². The van der Waals surface area contributed by atoms with Gasteiger partial charge in [0.2, 0.25) is 5.91 Å². The molecular weight excluding hydrogens is 416 g/mol. The second-order valence-electron chi connectivity index (χ2n) is 8.42. The Bertz CT molecular complexity index is 1110. The molecule has 6 heteroatoms. The molecule has 0 unspecified atom stereocenters. The number of amides is 2. The van der Waals surface area contributed by atoms with Gasteiger partial charge in [0.05, 0.1) is 18.8 Å². The minimum absolute atomic E-state index is 0.128. The molecule has 2 aromatic carbocycles. The van der Waals surface area contributed by atoms with Gasteiger partial charge < -0.3 is 19.4 Å². The number of nitrogens with zero attached hydrogens (tertiary/aromatic N) is 1. The standard InChI is InChI=1S/C27H30N2O4/c1-4-25(30)29-14-13-20-11-12-22(16-24(20)26(29)21-9-7-18(2)8-10-21)33-19(3)27(31)28-17-23-6-5-15-32-23/h5-12,15-16,19,26H,4,13-14,17H2,1-3H3,(H,28,31)/t19-,26-/m1/s1. The normalized spacial score (nSPS) is 16.1. The molecule has 0 bridgehead atoms. The number of nitrogens with one attached hydrogen (secondary N) is 1. The Hall–Kier alpha value is -3.54. The third kappa shape index (κ3) is 5.11. The molecule has 4 rings (SSSR count).